The number of halogens is 5. The van der Waals surface area contributed by atoms with E-state index in [-0.39, 0.29) is 38.1 Å². The summed E-state index contributed by atoms with van der Waals surface area (Å²) in [4.78, 5) is 29.0. The number of anilines is 1. The molecule has 1 unspecified atom stereocenters. The molecule has 2 amide bonds. The Morgan fingerprint density at radius 1 is 1.13 bits per heavy atom. The lowest BCUT2D eigenvalue weighted by Gasteiger charge is -2.45. The first-order valence-electron chi connectivity index (χ1n) is 9.83. The number of carbonyl (C=O) groups excluding carboxylic acids is 1. The third-order valence-corrected chi connectivity index (χ3v) is 5.73. The number of aromatic nitrogens is 1. The summed E-state index contributed by atoms with van der Waals surface area (Å²) in [5.74, 6) is -4.79. The molecule has 4 rings (SSSR count). The topological polar surface area (TPSA) is 85.8 Å². The quantitative estimate of drug-likeness (QED) is 0.677. The fraction of sp³-hybridized carbons (Fsp3) is 0.632. The first kappa shape index (κ1) is 23.0. The van der Waals surface area contributed by atoms with E-state index in [1.165, 1.54) is 0 Å². The number of aliphatic carboxylic acids is 1. The number of amides is 2. The number of hydrogen-bond acceptors (Lipinski definition) is 4. The van der Waals surface area contributed by atoms with Crippen molar-refractivity contribution in [3.63, 3.8) is 0 Å². The highest BCUT2D eigenvalue weighted by atomic mass is 19.4. The van der Waals surface area contributed by atoms with Crippen LogP contribution in [0.1, 0.15) is 25.7 Å². The molecule has 1 aromatic heterocycles. The van der Waals surface area contributed by atoms with Gasteiger partial charge >= 0.3 is 18.2 Å². The highest BCUT2D eigenvalue weighted by Gasteiger charge is 2.60. The maximum atomic E-state index is 14.8. The molecule has 2 saturated heterocycles. The normalized spacial score (nSPS) is 25.1. The van der Waals surface area contributed by atoms with Crippen LogP contribution in [0.4, 0.5) is 32.6 Å². The van der Waals surface area contributed by atoms with Crippen LogP contribution in [-0.2, 0) is 4.79 Å². The van der Waals surface area contributed by atoms with Gasteiger partial charge in [0.05, 0.1) is 5.41 Å². The van der Waals surface area contributed by atoms with Crippen molar-refractivity contribution in [3.8, 4) is 0 Å². The van der Waals surface area contributed by atoms with Crippen LogP contribution < -0.4 is 10.2 Å². The van der Waals surface area contributed by atoms with Crippen LogP contribution in [0.25, 0.3) is 0 Å². The SMILES string of the molecule is O=C(NC1CC1)N1CCC(F)(F)C2(CCN(c3ccccn3)C2)C1.O=C(O)C(F)(F)F. The molecular weight excluding hydrogens is 427 g/mol. The summed E-state index contributed by atoms with van der Waals surface area (Å²) in [5, 5.41) is 10.0. The van der Waals surface area contributed by atoms with Crippen LogP contribution in [0.15, 0.2) is 24.4 Å². The highest BCUT2D eigenvalue weighted by molar-refractivity contribution is 5.75. The highest BCUT2D eigenvalue weighted by Crippen LogP contribution is 2.50. The zero-order valence-electron chi connectivity index (χ0n) is 16.5. The summed E-state index contributed by atoms with van der Waals surface area (Å²) in [7, 11) is 0. The molecule has 31 heavy (non-hydrogen) atoms. The fourth-order valence-corrected chi connectivity index (χ4v) is 3.80. The Hall–Kier alpha value is -2.66. The van der Waals surface area contributed by atoms with E-state index in [0.717, 1.165) is 18.7 Å². The van der Waals surface area contributed by atoms with Gasteiger partial charge in [-0.3, -0.25) is 0 Å². The molecular formula is C19H23F5N4O3. The molecule has 2 aliphatic heterocycles. The first-order chi connectivity index (χ1) is 14.4. The minimum Gasteiger partial charge on any atom is -0.475 e. The van der Waals surface area contributed by atoms with E-state index in [1.54, 1.807) is 11.1 Å². The predicted molar refractivity (Wildman–Crippen MR) is 99.9 cm³/mol. The van der Waals surface area contributed by atoms with Gasteiger partial charge in [-0.2, -0.15) is 13.2 Å². The van der Waals surface area contributed by atoms with Crippen molar-refractivity contribution in [2.75, 3.05) is 31.1 Å². The van der Waals surface area contributed by atoms with Crippen LogP contribution in [0.5, 0.6) is 0 Å². The van der Waals surface area contributed by atoms with Gasteiger partial charge in [-0.05, 0) is 31.4 Å². The molecule has 1 saturated carbocycles. The van der Waals surface area contributed by atoms with E-state index in [1.807, 2.05) is 23.1 Å². The summed E-state index contributed by atoms with van der Waals surface area (Å²) in [6, 6.07) is 5.57. The van der Waals surface area contributed by atoms with Crippen molar-refractivity contribution < 1.29 is 36.6 Å². The van der Waals surface area contributed by atoms with Crippen molar-refractivity contribution in [1.82, 2.24) is 15.2 Å². The molecule has 0 bridgehead atoms. The molecule has 0 aromatic carbocycles. The van der Waals surface area contributed by atoms with Crippen LogP contribution in [0.2, 0.25) is 0 Å². The Kier molecular flexibility index (Phi) is 6.28. The second-order valence-corrected chi connectivity index (χ2v) is 8.04. The zero-order chi connectivity index (χ0) is 22.9. The molecule has 2 N–H and O–H groups in total. The number of likely N-dealkylation sites (tertiary alicyclic amines) is 1. The molecule has 172 valence electrons. The summed E-state index contributed by atoms with van der Waals surface area (Å²) in [5.41, 5.74) is -1.18. The van der Waals surface area contributed by atoms with E-state index in [9.17, 15) is 26.7 Å². The lowest BCUT2D eigenvalue weighted by Crippen LogP contribution is -2.59. The molecule has 1 aromatic rings. The van der Waals surface area contributed by atoms with Crippen LogP contribution >= 0.6 is 0 Å². The van der Waals surface area contributed by atoms with Crippen molar-refractivity contribution >= 4 is 17.8 Å². The van der Waals surface area contributed by atoms with E-state index in [0.29, 0.717) is 13.0 Å². The van der Waals surface area contributed by atoms with E-state index in [4.69, 9.17) is 9.90 Å². The number of urea groups is 1. The Morgan fingerprint density at radius 3 is 2.35 bits per heavy atom. The molecule has 1 aliphatic carbocycles. The maximum absolute atomic E-state index is 14.8. The molecule has 3 aliphatic rings. The molecule has 3 heterocycles. The summed E-state index contributed by atoms with van der Waals surface area (Å²) in [6.45, 7) is 1.02. The fourth-order valence-electron chi connectivity index (χ4n) is 3.80. The Morgan fingerprint density at radius 2 is 1.81 bits per heavy atom. The average molecular weight is 450 g/mol. The van der Waals surface area contributed by atoms with E-state index in [2.05, 4.69) is 10.3 Å². The number of nitrogens with one attached hydrogen (secondary N) is 1. The molecule has 1 spiro atoms. The van der Waals surface area contributed by atoms with Gasteiger partial charge in [-0.1, -0.05) is 6.07 Å². The van der Waals surface area contributed by atoms with Gasteiger partial charge in [0.15, 0.2) is 0 Å². The van der Waals surface area contributed by atoms with E-state index < -0.39 is 23.5 Å². The minimum absolute atomic E-state index is 0.113. The van der Waals surface area contributed by atoms with Gasteiger partial charge in [-0.25, -0.2) is 23.4 Å². The second kappa shape index (κ2) is 8.46. The van der Waals surface area contributed by atoms with Crippen LogP contribution in [0, 0.1) is 5.41 Å². The average Bonchev–Trinajstić information content (AvgIpc) is 3.40. The van der Waals surface area contributed by atoms with Crippen LogP contribution in [-0.4, -0.2) is 71.3 Å². The number of carbonyl (C=O) groups is 2. The smallest absolute Gasteiger partial charge is 0.475 e. The van der Waals surface area contributed by atoms with E-state index >= 15 is 0 Å². The Bertz CT molecular complexity index is 803. The number of alkyl halides is 5. The van der Waals surface area contributed by atoms with Gasteiger partial charge in [0.1, 0.15) is 5.82 Å². The largest absolute Gasteiger partial charge is 0.490 e. The van der Waals surface area contributed by atoms with Crippen molar-refractivity contribution in [1.29, 1.82) is 0 Å². The standard InChI is InChI=1S/C17H22F2N4O.C2HF3O2/c18-17(19)7-10-23(15(24)21-13-4-5-13)12-16(17)6-9-22(11-16)14-3-1-2-8-20-14;3-2(4,5)1(6)7/h1-3,8,13H,4-7,9-12H2,(H,21,24);(H,6,7). The van der Waals surface area contributed by atoms with Gasteiger partial charge in [0, 0.05) is 44.8 Å². The Labute approximate surface area is 175 Å². The molecule has 0 radical (unpaired) electrons. The summed E-state index contributed by atoms with van der Waals surface area (Å²) in [6.07, 6.45) is -1.30. The predicted octanol–water partition coefficient (Wildman–Crippen LogP) is 3.12. The monoisotopic (exact) mass is 450 g/mol. The number of nitrogens with zero attached hydrogens (tertiary/aromatic N) is 3. The number of carboxylic acid groups (broad SMARTS) is 1. The van der Waals surface area contributed by atoms with Crippen molar-refractivity contribution in [3.05, 3.63) is 24.4 Å². The molecule has 3 fully saturated rings. The zero-order valence-corrected chi connectivity index (χ0v) is 16.5. The number of pyridine rings is 1. The van der Waals surface area contributed by atoms with Crippen LogP contribution in [0.3, 0.4) is 0 Å². The summed E-state index contributed by atoms with van der Waals surface area (Å²) >= 11 is 0. The Balaban J connectivity index is 0.000000339. The van der Waals surface area contributed by atoms with Crippen molar-refractivity contribution in [2.24, 2.45) is 5.41 Å². The lowest BCUT2D eigenvalue weighted by atomic mass is 9.75. The first-order valence-corrected chi connectivity index (χ1v) is 9.83. The number of piperidine rings is 1. The molecule has 1 atom stereocenters. The lowest BCUT2D eigenvalue weighted by molar-refractivity contribution is -0.192. The third-order valence-electron chi connectivity index (χ3n) is 5.73. The molecule has 12 heteroatoms. The van der Waals surface area contributed by atoms with Gasteiger partial charge in [-0.15, -0.1) is 0 Å². The number of carboxylic acids is 1. The number of rotatable bonds is 2. The van der Waals surface area contributed by atoms with Gasteiger partial charge in [0.25, 0.3) is 5.92 Å². The third kappa shape index (κ3) is 5.34. The van der Waals surface area contributed by atoms with Crippen molar-refractivity contribution in [2.45, 2.75) is 43.8 Å². The molecule has 7 nitrogen and oxygen atoms in total. The summed E-state index contributed by atoms with van der Waals surface area (Å²) < 4.78 is 61.3. The second-order valence-electron chi connectivity index (χ2n) is 8.04. The van der Waals surface area contributed by atoms with Gasteiger partial charge in [0.2, 0.25) is 0 Å². The minimum atomic E-state index is -5.08. The number of hydrogen-bond donors (Lipinski definition) is 2. The van der Waals surface area contributed by atoms with Gasteiger partial charge < -0.3 is 20.2 Å². The maximum Gasteiger partial charge on any atom is 0.490 e.